The summed E-state index contributed by atoms with van der Waals surface area (Å²) < 4.78 is 10.9. The van der Waals surface area contributed by atoms with E-state index in [4.69, 9.17) is 9.15 Å². The second-order valence-electron chi connectivity index (χ2n) is 5.02. The fourth-order valence-corrected chi connectivity index (χ4v) is 2.02. The maximum Gasteiger partial charge on any atom is 0.263 e. The molecule has 0 aliphatic heterocycles. The normalized spacial score (nSPS) is 11.6. The number of ether oxygens (including phenoxy) is 1. The molecule has 0 saturated carbocycles. The average molecular weight is 317 g/mol. The Bertz CT molecular complexity index is 670. The second-order valence-corrected chi connectivity index (χ2v) is 5.02. The van der Waals surface area contributed by atoms with E-state index in [2.05, 4.69) is 10.3 Å². The van der Waals surface area contributed by atoms with Crippen LogP contribution < -0.4 is 10.1 Å². The molecular formula is C16H19N3O4. The van der Waals surface area contributed by atoms with Gasteiger partial charge in [0, 0.05) is 19.7 Å². The lowest BCUT2D eigenvalue weighted by Gasteiger charge is -2.21. The lowest BCUT2D eigenvalue weighted by molar-refractivity contribution is -0.139. The summed E-state index contributed by atoms with van der Waals surface area (Å²) in [6.07, 6.45) is 2.24. The summed E-state index contributed by atoms with van der Waals surface area (Å²) in [7, 11) is 3.08. The largest absolute Gasteiger partial charge is 0.481 e. The van der Waals surface area contributed by atoms with Crippen molar-refractivity contribution in [1.29, 1.82) is 0 Å². The van der Waals surface area contributed by atoms with Gasteiger partial charge in [-0.15, -0.1) is 0 Å². The van der Waals surface area contributed by atoms with Gasteiger partial charge in [-0.05, 0) is 19.1 Å². The molecule has 1 atom stereocenters. The molecule has 1 aromatic heterocycles. The van der Waals surface area contributed by atoms with Gasteiger partial charge in [-0.2, -0.15) is 0 Å². The number of oxazole rings is 1. The van der Waals surface area contributed by atoms with Crippen molar-refractivity contribution in [3.63, 3.8) is 0 Å². The van der Waals surface area contributed by atoms with E-state index in [0.29, 0.717) is 11.5 Å². The van der Waals surface area contributed by atoms with Gasteiger partial charge in [0.25, 0.3) is 5.91 Å². The lowest BCUT2D eigenvalue weighted by Crippen LogP contribution is -2.42. The molecule has 0 saturated heterocycles. The smallest absolute Gasteiger partial charge is 0.263 e. The Labute approximate surface area is 134 Å². The van der Waals surface area contributed by atoms with Crippen LogP contribution in [0.5, 0.6) is 5.75 Å². The topological polar surface area (TPSA) is 84.7 Å². The number of carbonyl (C=O) groups is 2. The minimum atomic E-state index is -0.713. The summed E-state index contributed by atoms with van der Waals surface area (Å²) in [6.45, 7) is 1.63. The monoisotopic (exact) mass is 317 g/mol. The van der Waals surface area contributed by atoms with E-state index in [1.165, 1.54) is 18.3 Å². The van der Waals surface area contributed by atoms with Crippen LogP contribution in [0.1, 0.15) is 6.92 Å². The molecule has 7 nitrogen and oxygen atoms in total. The number of hydrogen-bond acceptors (Lipinski definition) is 5. The number of likely N-dealkylation sites (N-methyl/N-ethyl adjacent to an activating group) is 2. The number of carbonyl (C=O) groups excluding carboxylic acids is 2. The molecule has 7 heteroatoms. The van der Waals surface area contributed by atoms with E-state index in [1.54, 1.807) is 38.4 Å². The molecule has 0 fully saturated rings. The molecule has 0 radical (unpaired) electrons. The van der Waals surface area contributed by atoms with Crippen molar-refractivity contribution >= 4 is 11.8 Å². The Morgan fingerprint density at radius 3 is 2.87 bits per heavy atom. The number of benzene rings is 1. The third-order valence-electron chi connectivity index (χ3n) is 3.25. The van der Waals surface area contributed by atoms with Crippen LogP contribution in [0.25, 0.3) is 11.3 Å². The molecule has 0 aliphatic rings. The zero-order chi connectivity index (χ0) is 16.8. The third-order valence-corrected chi connectivity index (χ3v) is 3.25. The Balaban J connectivity index is 2.02. The summed E-state index contributed by atoms with van der Waals surface area (Å²) >= 11 is 0. The van der Waals surface area contributed by atoms with Crippen molar-refractivity contribution in [2.24, 2.45) is 0 Å². The Kier molecular flexibility index (Phi) is 5.35. The molecule has 122 valence electrons. The predicted molar refractivity (Wildman–Crippen MR) is 83.7 cm³/mol. The minimum Gasteiger partial charge on any atom is -0.481 e. The van der Waals surface area contributed by atoms with Gasteiger partial charge in [-0.25, -0.2) is 4.98 Å². The Hall–Kier alpha value is -2.83. The highest BCUT2D eigenvalue weighted by molar-refractivity contribution is 5.86. The minimum absolute atomic E-state index is 0.0128. The van der Waals surface area contributed by atoms with Gasteiger partial charge >= 0.3 is 0 Å². The molecule has 1 heterocycles. The Morgan fingerprint density at radius 2 is 2.22 bits per heavy atom. The van der Waals surface area contributed by atoms with Crippen molar-refractivity contribution in [3.05, 3.63) is 36.9 Å². The summed E-state index contributed by atoms with van der Waals surface area (Å²) in [4.78, 5) is 28.7. The van der Waals surface area contributed by atoms with Crippen LogP contribution in [0.2, 0.25) is 0 Å². The average Bonchev–Trinajstić information content (AvgIpc) is 3.08. The van der Waals surface area contributed by atoms with E-state index in [9.17, 15) is 9.59 Å². The standard InChI is InChI=1S/C16H19N3O4/c1-11(16(21)19(3)9-15(20)17-2)23-13-6-4-5-12(7-13)14-8-18-10-22-14/h4-8,10-11H,9H2,1-3H3,(H,17,20)/t11-/m0/s1. The SMILES string of the molecule is CNC(=O)CN(C)C(=O)[C@H](C)Oc1cccc(-c2cnco2)c1. The van der Waals surface area contributed by atoms with Gasteiger partial charge in [-0.1, -0.05) is 12.1 Å². The molecule has 23 heavy (non-hydrogen) atoms. The van der Waals surface area contributed by atoms with Crippen LogP contribution in [0.3, 0.4) is 0 Å². The summed E-state index contributed by atoms with van der Waals surface area (Å²) in [5, 5.41) is 2.47. The third kappa shape index (κ3) is 4.32. The van der Waals surface area contributed by atoms with Crippen molar-refractivity contribution in [1.82, 2.24) is 15.2 Å². The second kappa shape index (κ2) is 7.44. The fraction of sp³-hybridized carbons (Fsp3) is 0.312. The highest BCUT2D eigenvalue weighted by Gasteiger charge is 2.21. The van der Waals surface area contributed by atoms with E-state index < -0.39 is 6.10 Å². The van der Waals surface area contributed by atoms with E-state index in [1.807, 2.05) is 6.07 Å². The first-order valence-corrected chi connectivity index (χ1v) is 7.12. The predicted octanol–water partition coefficient (Wildman–Crippen LogP) is 1.31. The van der Waals surface area contributed by atoms with E-state index in [-0.39, 0.29) is 18.4 Å². The highest BCUT2D eigenvalue weighted by atomic mass is 16.5. The maximum absolute atomic E-state index is 12.2. The first kappa shape index (κ1) is 16.5. The zero-order valence-electron chi connectivity index (χ0n) is 13.3. The molecule has 2 rings (SSSR count). The van der Waals surface area contributed by atoms with Crippen LogP contribution in [0, 0.1) is 0 Å². The first-order valence-electron chi connectivity index (χ1n) is 7.12. The molecule has 0 aliphatic carbocycles. The lowest BCUT2D eigenvalue weighted by atomic mass is 10.2. The number of hydrogen-bond donors (Lipinski definition) is 1. The number of nitrogens with one attached hydrogen (secondary N) is 1. The highest BCUT2D eigenvalue weighted by Crippen LogP contribution is 2.24. The molecule has 0 bridgehead atoms. The molecule has 0 unspecified atom stereocenters. The van der Waals surface area contributed by atoms with Gasteiger partial charge in [0.2, 0.25) is 5.91 Å². The summed E-state index contributed by atoms with van der Waals surface area (Å²) in [5.74, 6) is 0.637. The van der Waals surface area contributed by atoms with Crippen LogP contribution in [-0.4, -0.2) is 48.4 Å². The van der Waals surface area contributed by atoms with Gasteiger partial charge in [-0.3, -0.25) is 9.59 Å². The number of amides is 2. The van der Waals surface area contributed by atoms with Crippen LogP contribution in [0.4, 0.5) is 0 Å². The molecule has 1 N–H and O–H groups in total. The zero-order valence-corrected chi connectivity index (χ0v) is 13.3. The van der Waals surface area contributed by atoms with Gasteiger partial charge < -0.3 is 19.4 Å². The van der Waals surface area contributed by atoms with Crippen LogP contribution >= 0.6 is 0 Å². The summed E-state index contributed by atoms with van der Waals surface area (Å²) in [5.41, 5.74) is 0.804. The molecule has 2 amide bonds. The van der Waals surface area contributed by atoms with Gasteiger partial charge in [0.1, 0.15) is 5.75 Å². The molecule has 1 aromatic carbocycles. The molecular weight excluding hydrogens is 298 g/mol. The summed E-state index contributed by atoms with van der Waals surface area (Å²) in [6, 6.07) is 7.18. The number of nitrogens with zero attached hydrogens (tertiary/aromatic N) is 2. The van der Waals surface area contributed by atoms with E-state index in [0.717, 1.165) is 5.56 Å². The first-order chi connectivity index (χ1) is 11.0. The van der Waals surface area contributed by atoms with Gasteiger partial charge in [0.15, 0.2) is 18.3 Å². The maximum atomic E-state index is 12.2. The van der Waals surface area contributed by atoms with Crippen molar-refractivity contribution < 1.29 is 18.7 Å². The van der Waals surface area contributed by atoms with Crippen LogP contribution in [0.15, 0.2) is 41.3 Å². The van der Waals surface area contributed by atoms with Crippen molar-refractivity contribution in [3.8, 4) is 17.1 Å². The van der Waals surface area contributed by atoms with E-state index >= 15 is 0 Å². The van der Waals surface area contributed by atoms with Crippen molar-refractivity contribution in [2.75, 3.05) is 20.6 Å². The quantitative estimate of drug-likeness (QED) is 0.868. The van der Waals surface area contributed by atoms with Crippen molar-refractivity contribution in [2.45, 2.75) is 13.0 Å². The number of aromatic nitrogens is 1. The molecule has 0 spiro atoms. The number of rotatable bonds is 6. The van der Waals surface area contributed by atoms with Crippen LogP contribution in [-0.2, 0) is 9.59 Å². The molecule has 2 aromatic rings. The fourth-order valence-electron chi connectivity index (χ4n) is 2.02. The Morgan fingerprint density at radius 1 is 1.43 bits per heavy atom. The van der Waals surface area contributed by atoms with Gasteiger partial charge in [0.05, 0.1) is 12.7 Å².